The van der Waals surface area contributed by atoms with E-state index in [1.165, 1.54) is 0 Å². The molecule has 0 heterocycles. The van der Waals surface area contributed by atoms with Gasteiger partial charge in [0.05, 0.1) is 0 Å². The fourth-order valence-electron chi connectivity index (χ4n) is 0.873. The van der Waals surface area contributed by atoms with Crippen molar-refractivity contribution in [3.05, 3.63) is 0 Å². The summed E-state index contributed by atoms with van der Waals surface area (Å²) in [5.41, 5.74) is 0. The van der Waals surface area contributed by atoms with Crippen LogP contribution in [-0.4, -0.2) is 5.78 Å². The minimum atomic E-state index is 0.0108. The maximum absolute atomic E-state index is 11.0. The van der Waals surface area contributed by atoms with Gasteiger partial charge < -0.3 is 0 Å². The molecule has 0 aromatic heterocycles. The molecule has 0 radical (unpaired) electrons. The molecule has 0 spiro atoms. The Morgan fingerprint density at radius 3 is 2.43 bits per heavy atom. The van der Waals surface area contributed by atoms with Gasteiger partial charge in [-0.2, -0.15) is 0 Å². The van der Waals surface area contributed by atoms with Crippen molar-refractivity contribution < 1.29 is 4.79 Å². The third kappa shape index (κ3) is 8.88. The normalized spacial score (nSPS) is 8.14. The Morgan fingerprint density at radius 1 is 1.07 bits per heavy atom. The number of unbranched alkanes of at least 4 members (excludes halogenated alkanes) is 3. The predicted molar refractivity (Wildman–Crippen MR) is 59.6 cm³/mol. The number of hydrogen-bond acceptors (Lipinski definition) is 1. The van der Waals surface area contributed by atoms with Crippen LogP contribution < -0.4 is 0 Å². The van der Waals surface area contributed by atoms with E-state index < -0.39 is 0 Å². The largest absolute Gasteiger partial charge is 0.285 e. The van der Waals surface area contributed by atoms with Crippen LogP contribution >= 0.6 is 0 Å². The molecule has 0 bridgehead atoms. The first kappa shape index (κ1) is 12.8. The van der Waals surface area contributed by atoms with Crippen molar-refractivity contribution in [3.63, 3.8) is 0 Å². The van der Waals surface area contributed by atoms with Crippen molar-refractivity contribution in [1.82, 2.24) is 0 Å². The van der Waals surface area contributed by atoms with Gasteiger partial charge in [-0.25, -0.2) is 0 Å². The van der Waals surface area contributed by atoms with Crippen LogP contribution in [0.2, 0.25) is 0 Å². The molecule has 1 heteroatoms. The van der Waals surface area contributed by atoms with Gasteiger partial charge in [-0.1, -0.05) is 32.6 Å². The minimum Gasteiger partial charge on any atom is -0.285 e. The topological polar surface area (TPSA) is 17.1 Å². The lowest BCUT2D eigenvalue weighted by atomic mass is 10.2. The summed E-state index contributed by atoms with van der Waals surface area (Å²) in [4.78, 5) is 11.0. The first-order valence-electron chi connectivity index (χ1n) is 5.33. The van der Waals surface area contributed by atoms with E-state index in [0.29, 0.717) is 6.42 Å². The van der Waals surface area contributed by atoms with E-state index in [-0.39, 0.29) is 5.78 Å². The number of ketones is 1. The summed E-state index contributed by atoms with van der Waals surface area (Å²) in [6, 6.07) is 0. The van der Waals surface area contributed by atoms with Gasteiger partial charge in [-0.3, -0.25) is 4.79 Å². The van der Waals surface area contributed by atoms with Gasteiger partial charge in [0, 0.05) is 12.8 Å². The highest BCUT2D eigenvalue weighted by Gasteiger charge is 1.92. The van der Waals surface area contributed by atoms with Crippen LogP contribution in [0, 0.1) is 23.7 Å². The molecule has 0 fully saturated rings. The summed E-state index contributed by atoms with van der Waals surface area (Å²) in [5.74, 6) is 10.8. The lowest BCUT2D eigenvalue weighted by Gasteiger charge is -1.86. The highest BCUT2D eigenvalue weighted by molar-refractivity contribution is 5.95. The fourth-order valence-corrected chi connectivity index (χ4v) is 0.873. The van der Waals surface area contributed by atoms with Crippen molar-refractivity contribution in [2.45, 2.75) is 52.4 Å². The molecule has 0 saturated carbocycles. The van der Waals surface area contributed by atoms with Crippen LogP contribution in [0.3, 0.4) is 0 Å². The molecule has 0 aliphatic carbocycles. The van der Waals surface area contributed by atoms with Crippen molar-refractivity contribution in [2.24, 2.45) is 0 Å². The zero-order valence-corrected chi connectivity index (χ0v) is 9.15. The van der Waals surface area contributed by atoms with Crippen molar-refractivity contribution in [3.8, 4) is 23.7 Å². The molecule has 0 rings (SSSR count). The predicted octanol–water partition coefficient (Wildman–Crippen LogP) is 2.94. The van der Waals surface area contributed by atoms with Crippen molar-refractivity contribution >= 4 is 5.78 Å². The standard InChI is InChI=1S/C13H18O/c1-3-5-7-8-9-10-12-13(14)11-6-4-2/h3-7,11H2,1-2H3. The highest BCUT2D eigenvalue weighted by Crippen LogP contribution is 1.93. The van der Waals surface area contributed by atoms with Gasteiger partial charge >= 0.3 is 0 Å². The van der Waals surface area contributed by atoms with E-state index in [1.807, 2.05) is 0 Å². The molecule has 0 aliphatic rings. The molecule has 0 atom stereocenters. The Morgan fingerprint density at radius 2 is 1.79 bits per heavy atom. The number of hydrogen-bond donors (Lipinski definition) is 0. The highest BCUT2D eigenvalue weighted by atomic mass is 16.1. The number of rotatable bonds is 5. The molecule has 76 valence electrons. The van der Waals surface area contributed by atoms with Gasteiger partial charge in [0.2, 0.25) is 5.78 Å². The van der Waals surface area contributed by atoms with Gasteiger partial charge in [-0.05, 0) is 30.6 Å². The zero-order chi connectivity index (χ0) is 10.6. The molecule has 0 saturated heterocycles. The molecular formula is C13H18O. The Balaban J connectivity index is 3.67. The van der Waals surface area contributed by atoms with Gasteiger partial charge in [0.25, 0.3) is 0 Å². The third-order valence-electron chi connectivity index (χ3n) is 1.77. The van der Waals surface area contributed by atoms with Crippen LogP contribution in [0.4, 0.5) is 0 Å². The summed E-state index contributed by atoms with van der Waals surface area (Å²) in [6.07, 6.45) is 5.68. The van der Waals surface area contributed by atoms with E-state index in [2.05, 4.69) is 37.5 Å². The Bertz CT molecular complexity index is 267. The van der Waals surface area contributed by atoms with Crippen LogP contribution in [0.25, 0.3) is 0 Å². The second-order valence-electron chi connectivity index (χ2n) is 3.18. The second kappa shape index (κ2) is 9.87. The number of Topliss-reactive ketones (excluding diaryl/α,β-unsaturated/α-hetero) is 1. The Labute approximate surface area is 87.3 Å². The van der Waals surface area contributed by atoms with Crippen LogP contribution in [0.1, 0.15) is 52.4 Å². The second-order valence-corrected chi connectivity index (χ2v) is 3.18. The Hall–Kier alpha value is -1.21. The maximum Gasteiger partial charge on any atom is 0.206 e. The van der Waals surface area contributed by atoms with E-state index in [0.717, 1.165) is 32.1 Å². The molecular weight excluding hydrogens is 172 g/mol. The summed E-state index contributed by atoms with van der Waals surface area (Å²) in [7, 11) is 0. The molecule has 1 nitrogen and oxygen atoms in total. The quantitative estimate of drug-likeness (QED) is 0.370. The van der Waals surface area contributed by atoms with E-state index in [1.54, 1.807) is 0 Å². The number of carbonyl (C=O) groups is 1. The molecule has 0 amide bonds. The van der Waals surface area contributed by atoms with Crippen LogP contribution in [0.15, 0.2) is 0 Å². The first-order chi connectivity index (χ1) is 6.81. The summed E-state index contributed by atoms with van der Waals surface area (Å²) >= 11 is 0. The van der Waals surface area contributed by atoms with Crippen LogP contribution in [-0.2, 0) is 4.79 Å². The van der Waals surface area contributed by atoms with Gasteiger partial charge in [-0.15, -0.1) is 0 Å². The molecule has 0 aromatic rings. The zero-order valence-electron chi connectivity index (χ0n) is 9.15. The third-order valence-corrected chi connectivity index (χ3v) is 1.77. The Kier molecular flexibility index (Phi) is 9.02. The van der Waals surface area contributed by atoms with E-state index in [9.17, 15) is 4.79 Å². The maximum atomic E-state index is 11.0. The van der Waals surface area contributed by atoms with E-state index in [4.69, 9.17) is 0 Å². The summed E-state index contributed by atoms with van der Waals surface area (Å²) in [6.45, 7) is 4.19. The minimum absolute atomic E-state index is 0.0108. The molecule has 14 heavy (non-hydrogen) atoms. The number of carbonyl (C=O) groups excluding carboxylic acids is 1. The smallest absolute Gasteiger partial charge is 0.206 e. The summed E-state index contributed by atoms with van der Waals surface area (Å²) in [5, 5.41) is 0. The summed E-state index contributed by atoms with van der Waals surface area (Å²) < 4.78 is 0. The SMILES string of the molecule is CCCCC#CC#CC(=O)CCCC. The molecule has 0 unspecified atom stereocenters. The van der Waals surface area contributed by atoms with Gasteiger partial charge in [0.1, 0.15) is 0 Å². The molecule has 0 aromatic carbocycles. The van der Waals surface area contributed by atoms with Crippen molar-refractivity contribution in [2.75, 3.05) is 0 Å². The van der Waals surface area contributed by atoms with Gasteiger partial charge in [0.15, 0.2) is 0 Å². The average molecular weight is 190 g/mol. The lowest BCUT2D eigenvalue weighted by Crippen LogP contribution is -1.91. The fraction of sp³-hybridized carbons (Fsp3) is 0.615. The van der Waals surface area contributed by atoms with Crippen LogP contribution in [0.5, 0.6) is 0 Å². The monoisotopic (exact) mass is 190 g/mol. The lowest BCUT2D eigenvalue weighted by molar-refractivity contribution is -0.113. The average Bonchev–Trinajstić information content (AvgIpc) is 2.20. The van der Waals surface area contributed by atoms with Crippen molar-refractivity contribution in [1.29, 1.82) is 0 Å². The molecule has 0 N–H and O–H groups in total. The first-order valence-corrected chi connectivity index (χ1v) is 5.33. The van der Waals surface area contributed by atoms with E-state index >= 15 is 0 Å². The molecule has 0 aliphatic heterocycles.